The summed E-state index contributed by atoms with van der Waals surface area (Å²) in [7, 11) is 0. The normalized spacial score (nSPS) is 30.4. The first-order valence-corrected chi connectivity index (χ1v) is 11.5. The largest absolute Gasteiger partial charge is 0.477 e. The van der Waals surface area contributed by atoms with Gasteiger partial charge in [0.15, 0.2) is 5.16 Å². The van der Waals surface area contributed by atoms with E-state index in [1.54, 1.807) is 18.0 Å². The third-order valence-electron chi connectivity index (χ3n) is 6.60. The van der Waals surface area contributed by atoms with Crippen LogP contribution in [0.1, 0.15) is 32.4 Å². The topological polar surface area (TPSA) is 122 Å². The number of hydrogen-bond acceptors (Lipinski definition) is 7. The zero-order valence-electron chi connectivity index (χ0n) is 17.7. The minimum atomic E-state index is -1.31. The van der Waals surface area contributed by atoms with E-state index in [1.807, 2.05) is 13.0 Å². The number of alkyl halides is 1. The van der Waals surface area contributed by atoms with Gasteiger partial charge in [-0.15, -0.1) is 0 Å². The quantitative estimate of drug-likeness (QED) is 0.452. The van der Waals surface area contributed by atoms with Gasteiger partial charge in [0.25, 0.3) is 0 Å². The number of carboxylic acid groups (broad SMARTS) is 1. The van der Waals surface area contributed by atoms with Crippen LogP contribution in [0, 0.1) is 11.8 Å². The highest BCUT2D eigenvalue weighted by atomic mass is 32.2. The van der Waals surface area contributed by atoms with Gasteiger partial charge in [0.2, 0.25) is 12.2 Å². The molecule has 4 aliphatic heterocycles. The number of β-lactam (4-membered cyclic amide) rings is 1. The van der Waals surface area contributed by atoms with Gasteiger partial charge >= 0.3 is 5.97 Å². The Bertz CT molecular complexity index is 1080. The number of fused-ring (bicyclic) bond motifs is 1. The lowest BCUT2D eigenvalue weighted by Crippen LogP contribution is -2.63. The summed E-state index contributed by atoms with van der Waals surface area (Å²) in [5.74, 6) is -1.68. The fraction of sp³-hybridized carbons (Fsp3) is 0.524. The second kappa shape index (κ2) is 7.73. The molecule has 5 atom stereocenters. The molecule has 1 aromatic rings. The number of halogens is 1. The molecule has 0 aromatic carbocycles. The van der Waals surface area contributed by atoms with E-state index in [9.17, 15) is 19.8 Å². The Kier molecular flexibility index (Phi) is 5.12. The monoisotopic (exact) mass is 461 g/mol. The van der Waals surface area contributed by atoms with Crippen LogP contribution in [-0.2, 0) is 9.59 Å². The Morgan fingerprint density at radius 1 is 1.44 bits per heavy atom. The first kappa shape index (κ1) is 21.2. The molecule has 1 aromatic heterocycles. The molecule has 0 aliphatic carbocycles. The van der Waals surface area contributed by atoms with Gasteiger partial charge in [-0.1, -0.05) is 24.8 Å². The maximum atomic E-state index is 15.1. The highest BCUT2D eigenvalue weighted by molar-refractivity contribution is 8.03. The maximum Gasteiger partial charge on any atom is 0.353 e. The molecule has 1 amide bonds. The zero-order valence-corrected chi connectivity index (χ0v) is 18.5. The van der Waals surface area contributed by atoms with E-state index in [1.165, 1.54) is 4.90 Å². The summed E-state index contributed by atoms with van der Waals surface area (Å²) < 4.78 is 15.1. The van der Waals surface area contributed by atoms with Gasteiger partial charge in [0.1, 0.15) is 11.5 Å². The van der Waals surface area contributed by atoms with Crippen LogP contribution >= 0.6 is 11.8 Å². The Balaban J connectivity index is 1.37. The molecule has 9 nitrogen and oxygen atoms in total. The molecule has 1 fully saturated rings. The van der Waals surface area contributed by atoms with Gasteiger partial charge in [-0.25, -0.2) is 14.2 Å². The number of nitrogens with one attached hydrogen (secondary N) is 1. The van der Waals surface area contributed by atoms with Gasteiger partial charge in [0, 0.05) is 35.9 Å². The number of aliphatic hydroxyl groups excluding tert-OH is 1. The lowest BCUT2D eigenvalue weighted by molar-refractivity contribution is -0.163. The number of carbonyl (C=O) groups is 2. The van der Waals surface area contributed by atoms with Crippen molar-refractivity contribution in [2.24, 2.45) is 16.8 Å². The van der Waals surface area contributed by atoms with E-state index >= 15 is 4.39 Å². The fourth-order valence-electron chi connectivity index (χ4n) is 5.05. The van der Waals surface area contributed by atoms with Gasteiger partial charge in [0.05, 0.1) is 30.0 Å². The van der Waals surface area contributed by atoms with Crippen LogP contribution < -0.4 is 0 Å². The Hall–Kier alpha value is -2.66. The van der Waals surface area contributed by atoms with Gasteiger partial charge in [-0.05, 0) is 13.3 Å². The molecular weight excluding hydrogens is 437 g/mol. The standard InChI is InChI=1S/C21H24FN5O4S/c1-9-15-14(10(2)28)19(29)27(15)16(20(30)31)17(9)32-21-24-8-12(25-21)11-5-7-26(18(11)22)13-4-3-6-23-13/h5,8-10,14-15,18,28H,3-4,6-7H2,1-2H3,(H,24,25)(H,30,31). The average Bonchev–Trinajstić information content (AvgIpc) is 3.50. The number of imidazole rings is 1. The second-order valence-electron chi connectivity index (χ2n) is 8.53. The number of thioether (sulfide) groups is 1. The number of nitrogens with zero attached hydrogens (tertiary/aromatic N) is 4. The Morgan fingerprint density at radius 2 is 2.22 bits per heavy atom. The van der Waals surface area contributed by atoms with Crippen LogP contribution in [0.15, 0.2) is 33.0 Å². The first-order chi connectivity index (χ1) is 15.3. The molecule has 5 unspecified atom stereocenters. The molecule has 170 valence electrons. The summed E-state index contributed by atoms with van der Waals surface area (Å²) in [5.41, 5.74) is 0.950. The Morgan fingerprint density at radius 3 is 2.88 bits per heavy atom. The number of aliphatic hydroxyl groups is 1. The Labute approximate surface area is 188 Å². The molecule has 4 aliphatic rings. The molecule has 0 bridgehead atoms. The summed E-state index contributed by atoms with van der Waals surface area (Å²) in [4.78, 5) is 39.6. The zero-order chi connectivity index (χ0) is 22.7. The van der Waals surface area contributed by atoms with Crippen LogP contribution in [0.3, 0.4) is 0 Å². The molecule has 5 heterocycles. The molecule has 5 rings (SSSR count). The van der Waals surface area contributed by atoms with Crippen molar-refractivity contribution < 1.29 is 24.2 Å². The predicted octanol–water partition coefficient (Wildman–Crippen LogP) is 1.84. The van der Waals surface area contributed by atoms with E-state index in [0.717, 1.165) is 37.0 Å². The highest BCUT2D eigenvalue weighted by Gasteiger charge is 2.60. The lowest BCUT2D eigenvalue weighted by atomic mass is 9.79. The molecule has 3 N–H and O–H groups in total. The van der Waals surface area contributed by atoms with Crippen molar-refractivity contribution in [1.29, 1.82) is 0 Å². The van der Waals surface area contributed by atoms with Crippen LogP contribution in [0.4, 0.5) is 4.39 Å². The van der Waals surface area contributed by atoms with Gasteiger partial charge in [-0.3, -0.25) is 9.79 Å². The third-order valence-corrected chi connectivity index (χ3v) is 7.79. The van der Waals surface area contributed by atoms with Crippen molar-refractivity contribution in [3.05, 3.63) is 28.6 Å². The van der Waals surface area contributed by atoms with Crippen LogP contribution in [0.2, 0.25) is 0 Å². The van der Waals surface area contributed by atoms with E-state index in [4.69, 9.17) is 0 Å². The maximum absolute atomic E-state index is 15.1. The number of carboxylic acids is 1. The SMILES string of the molecule is CC(O)C1C(=O)N2C(C(=O)O)=C(Sc3ncc(C4=CCN(C5=NCCC5)C4F)[nH]3)C(C)C12. The van der Waals surface area contributed by atoms with Crippen molar-refractivity contribution in [2.45, 2.75) is 50.3 Å². The lowest BCUT2D eigenvalue weighted by Gasteiger charge is -2.46. The number of H-pyrrole nitrogens is 1. The molecule has 32 heavy (non-hydrogen) atoms. The van der Waals surface area contributed by atoms with Gasteiger partial charge in [-0.2, -0.15) is 0 Å². The van der Waals surface area contributed by atoms with Crippen molar-refractivity contribution in [3.8, 4) is 0 Å². The molecule has 11 heteroatoms. The predicted molar refractivity (Wildman–Crippen MR) is 115 cm³/mol. The molecule has 1 saturated heterocycles. The van der Waals surface area contributed by atoms with Gasteiger partial charge < -0.3 is 25.0 Å². The number of rotatable bonds is 5. The molecular formula is C21H24FN5O4S. The first-order valence-electron chi connectivity index (χ1n) is 10.7. The van der Waals surface area contributed by atoms with Crippen molar-refractivity contribution in [1.82, 2.24) is 19.8 Å². The summed E-state index contributed by atoms with van der Waals surface area (Å²) in [5, 5.41) is 20.1. The summed E-state index contributed by atoms with van der Waals surface area (Å²) in [6, 6.07) is -0.390. The molecule has 0 saturated carbocycles. The van der Waals surface area contributed by atoms with Crippen LogP contribution in [0.5, 0.6) is 0 Å². The number of amidine groups is 1. The van der Waals surface area contributed by atoms with E-state index in [2.05, 4.69) is 15.0 Å². The average molecular weight is 462 g/mol. The van der Waals surface area contributed by atoms with Crippen LogP contribution in [-0.4, -0.2) is 79.2 Å². The van der Waals surface area contributed by atoms with E-state index in [0.29, 0.717) is 27.9 Å². The highest BCUT2D eigenvalue weighted by Crippen LogP contribution is 2.51. The number of aliphatic carboxylic acids is 1. The number of aliphatic imine (C=N–C) groups is 1. The minimum Gasteiger partial charge on any atom is -0.477 e. The van der Waals surface area contributed by atoms with Crippen molar-refractivity contribution in [2.75, 3.05) is 13.1 Å². The third kappa shape index (κ3) is 3.09. The summed E-state index contributed by atoms with van der Waals surface area (Å²) >= 11 is 1.14. The number of aromatic amines is 1. The number of carbonyl (C=O) groups excluding carboxylic acids is 1. The smallest absolute Gasteiger partial charge is 0.353 e. The van der Waals surface area contributed by atoms with Crippen molar-refractivity contribution in [3.63, 3.8) is 0 Å². The number of aromatic nitrogens is 2. The summed E-state index contributed by atoms with van der Waals surface area (Å²) in [6.07, 6.45) is 2.90. The number of hydrogen-bond donors (Lipinski definition) is 3. The minimum absolute atomic E-state index is 0.0683. The molecule has 0 radical (unpaired) electrons. The van der Waals surface area contributed by atoms with Crippen LogP contribution in [0.25, 0.3) is 5.57 Å². The van der Waals surface area contributed by atoms with Crippen molar-refractivity contribution >= 4 is 35.0 Å². The summed E-state index contributed by atoms with van der Waals surface area (Å²) in [6.45, 7) is 4.56. The van der Waals surface area contributed by atoms with E-state index < -0.39 is 24.3 Å². The number of amides is 1. The van der Waals surface area contributed by atoms with E-state index in [-0.39, 0.29) is 23.6 Å². The second-order valence-corrected chi connectivity index (χ2v) is 9.56. The molecule has 0 spiro atoms. The fourth-order valence-corrected chi connectivity index (χ4v) is 6.13.